The summed E-state index contributed by atoms with van der Waals surface area (Å²) in [6.45, 7) is 2.09. The third-order valence-corrected chi connectivity index (χ3v) is 6.53. The van der Waals surface area contributed by atoms with Crippen molar-refractivity contribution in [3.63, 3.8) is 0 Å². The number of nitrogens with zero attached hydrogens (tertiary/aromatic N) is 2. The van der Waals surface area contributed by atoms with Gasteiger partial charge in [0, 0.05) is 31.2 Å². The van der Waals surface area contributed by atoms with E-state index in [-0.39, 0.29) is 29.9 Å². The number of urea groups is 1. The van der Waals surface area contributed by atoms with Crippen LogP contribution in [0.4, 0.5) is 4.79 Å². The molecule has 2 amide bonds. The number of rotatable bonds is 5. The summed E-state index contributed by atoms with van der Waals surface area (Å²) in [5.74, 6) is 0. The SMILES string of the molecule is CN(C)CCNC(=O)N1CCCC(S(=O)(=O)c2ccc(Cl)cc2)C1.Cl. The molecule has 0 bridgehead atoms. The van der Waals surface area contributed by atoms with Crippen LogP contribution in [0.15, 0.2) is 29.2 Å². The van der Waals surface area contributed by atoms with E-state index >= 15 is 0 Å². The van der Waals surface area contributed by atoms with Crippen molar-refractivity contribution in [1.29, 1.82) is 0 Å². The predicted molar refractivity (Wildman–Crippen MR) is 102 cm³/mol. The van der Waals surface area contributed by atoms with E-state index in [0.717, 1.165) is 6.54 Å². The van der Waals surface area contributed by atoms with E-state index in [4.69, 9.17) is 11.6 Å². The molecule has 2 rings (SSSR count). The second-order valence-corrected chi connectivity index (χ2v) is 8.91. The van der Waals surface area contributed by atoms with Crippen LogP contribution in [-0.4, -0.2) is 69.8 Å². The predicted octanol–water partition coefficient (Wildman–Crippen LogP) is 2.27. The van der Waals surface area contributed by atoms with Crippen LogP contribution in [0, 0.1) is 0 Å². The fourth-order valence-electron chi connectivity index (χ4n) is 2.69. The topological polar surface area (TPSA) is 69.7 Å². The van der Waals surface area contributed by atoms with Crippen molar-refractivity contribution in [3.8, 4) is 0 Å². The highest BCUT2D eigenvalue weighted by atomic mass is 35.5. The zero-order valence-electron chi connectivity index (χ0n) is 14.4. The van der Waals surface area contributed by atoms with Gasteiger partial charge in [0.25, 0.3) is 0 Å². The van der Waals surface area contributed by atoms with Crippen molar-refractivity contribution < 1.29 is 13.2 Å². The minimum atomic E-state index is -3.47. The Morgan fingerprint density at radius 2 is 1.96 bits per heavy atom. The number of hydrogen-bond acceptors (Lipinski definition) is 4. The smallest absolute Gasteiger partial charge is 0.317 e. The van der Waals surface area contributed by atoms with E-state index in [0.29, 0.717) is 31.0 Å². The number of benzene rings is 1. The summed E-state index contributed by atoms with van der Waals surface area (Å²) in [5, 5.41) is 2.76. The van der Waals surface area contributed by atoms with Crippen LogP contribution < -0.4 is 5.32 Å². The first-order valence-electron chi connectivity index (χ1n) is 7.97. The molecule has 1 unspecified atom stereocenters. The fraction of sp³-hybridized carbons (Fsp3) is 0.562. The lowest BCUT2D eigenvalue weighted by Crippen LogP contribution is -2.49. The van der Waals surface area contributed by atoms with Gasteiger partial charge in [-0.25, -0.2) is 13.2 Å². The van der Waals surface area contributed by atoms with E-state index in [1.807, 2.05) is 19.0 Å². The second-order valence-electron chi connectivity index (χ2n) is 6.24. The van der Waals surface area contributed by atoms with Gasteiger partial charge < -0.3 is 15.1 Å². The van der Waals surface area contributed by atoms with Gasteiger partial charge in [-0.2, -0.15) is 0 Å². The lowest BCUT2D eigenvalue weighted by Gasteiger charge is -2.32. The molecule has 0 aromatic heterocycles. The number of amides is 2. The summed E-state index contributed by atoms with van der Waals surface area (Å²) in [7, 11) is 0.397. The Bertz CT molecular complexity index is 666. The largest absolute Gasteiger partial charge is 0.337 e. The molecule has 0 spiro atoms. The van der Waals surface area contributed by atoms with Crippen LogP contribution in [0.3, 0.4) is 0 Å². The summed E-state index contributed by atoms with van der Waals surface area (Å²) in [4.78, 5) is 16.0. The third-order valence-electron chi connectivity index (χ3n) is 4.08. The molecule has 1 aliphatic rings. The fourth-order valence-corrected chi connectivity index (χ4v) is 4.57. The van der Waals surface area contributed by atoms with Gasteiger partial charge in [0.05, 0.1) is 10.1 Å². The van der Waals surface area contributed by atoms with Crippen LogP contribution in [0.5, 0.6) is 0 Å². The standard InChI is InChI=1S/C16H24ClN3O3S.ClH/c1-19(2)11-9-18-16(21)20-10-3-4-15(12-20)24(22,23)14-7-5-13(17)6-8-14;/h5-8,15H,3-4,9-12H2,1-2H3,(H,18,21);1H. The first-order chi connectivity index (χ1) is 11.3. The van der Waals surface area contributed by atoms with E-state index in [1.165, 1.54) is 12.1 Å². The molecular weight excluding hydrogens is 385 g/mol. The molecule has 1 saturated heterocycles. The molecule has 0 aliphatic carbocycles. The third kappa shape index (κ3) is 6.02. The number of carbonyl (C=O) groups is 1. The van der Waals surface area contributed by atoms with Crippen LogP contribution >= 0.6 is 24.0 Å². The number of sulfone groups is 1. The average molecular weight is 410 g/mol. The normalized spacial score (nSPS) is 17.9. The van der Waals surface area contributed by atoms with Crippen LogP contribution in [0.25, 0.3) is 0 Å². The minimum absolute atomic E-state index is 0. The minimum Gasteiger partial charge on any atom is -0.337 e. The second kappa shape index (κ2) is 9.62. The lowest BCUT2D eigenvalue weighted by atomic mass is 10.1. The highest BCUT2D eigenvalue weighted by Crippen LogP contribution is 2.25. The Morgan fingerprint density at radius 3 is 2.56 bits per heavy atom. The molecule has 0 radical (unpaired) electrons. The number of halogens is 2. The van der Waals surface area contributed by atoms with Gasteiger partial charge in [-0.15, -0.1) is 12.4 Å². The molecule has 1 heterocycles. The molecule has 1 fully saturated rings. The summed E-state index contributed by atoms with van der Waals surface area (Å²) in [6, 6.07) is 5.99. The number of piperidine rings is 1. The van der Waals surface area contributed by atoms with Gasteiger partial charge in [-0.3, -0.25) is 0 Å². The van der Waals surface area contributed by atoms with E-state index in [9.17, 15) is 13.2 Å². The zero-order chi connectivity index (χ0) is 17.7. The van der Waals surface area contributed by atoms with Gasteiger partial charge in [-0.1, -0.05) is 11.6 Å². The first-order valence-corrected chi connectivity index (χ1v) is 9.90. The Morgan fingerprint density at radius 1 is 1.32 bits per heavy atom. The molecule has 1 N–H and O–H groups in total. The zero-order valence-corrected chi connectivity index (χ0v) is 16.8. The molecule has 25 heavy (non-hydrogen) atoms. The van der Waals surface area contributed by atoms with Gasteiger partial charge in [0.15, 0.2) is 9.84 Å². The lowest BCUT2D eigenvalue weighted by molar-refractivity contribution is 0.186. The van der Waals surface area contributed by atoms with Crippen molar-refractivity contribution in [2.24, 2.45) is 0 Å². The highest BCUT2D eigenvalue weighted by Gasteiger charge is 2.33. The average Bonchev–Trinajstić information content (AvgIpc) is 2.55. The Hall–Kier alpha value is -1.02. The summed E-state index contributed by atoms with van der Waals surface area (Å²) in [5.41, 5.74) is 0. The van der Waals surface area contributed by atoms with E-state index in [1.54, 1.807) is 17.0 Å². The first kappa shape index (κ1) is 22.0. The van der Waals surface area contributed by atoms with Crippen LogP contribution in [-0.2, 0) is 9.84 Å². The van der Waals surface area contributed by atoms with Crippen LogP contribution in [0.1, 0.15) is 12.8 Å². The quantitative estimate of drug-likeness (QED) is 0.809. The van der Waals surface area contributed by atoms with E-state index in [2.05, 4.69) is 5.32 Å². The Kier molecular flexibility index (Phi) is 8.47. The maximum absolute atomic E-state index is 12.8. The van der Waals surface area contributed by atoms with Gasteiger partial charge in [-0.05, 0) is 51.2 Å². The molecule has 1 aromatic carbocycles. The molecular formula is C16H25Cl2N3O3S. The van der Waals surface area contributed by atoms with Crippen molar-refractivity contribution in [1.82, 2.24) is 15.1 Å². The number of nitrogens with one attached hydrogen (secondary N) is 1. The number of likely N-dealkylation sites (tertiary alicyclic amines) is 1. The number of likely N-dealkylation sites (N-methyl/N-ethyl adjacent to an activating group) is 1. The molecule has 9 heteroatoms. The Balaban J connectivity index is 0.00000312. The van der Waals surface area contributed by atoms with Crippen molar-refractivity contribution in [2.75, 3.05) is 40.3 Å². The summed E-state index contributed by atoms with van der Waals surface area (Å²) >= 11 is 5.82. The van der Waals surface area contributed by atoms with Crippen LogP contribution in [0.2, 0.25) is 5.02 Å². The maximum Gasteiger partial charge on any atom is 0.317 e. The summed E-state index contributed by atoms with van der Waals surface area (Å²) < 4.78 is 25.5. The van der Waals surface area contributed by atoms with Crippen molar-refractivity contribution >= 4 is 39.9 Å². The van der Waals surface area contributed by atoms with E-state index < -0.39 is 15.1 Å². The number of hydrogen-bond donors (Lipinski definition) is 1. The monoisotopic (exact) mass is 409 g/mol. The molecule has 1 atom stereocenters. The van der Waals surface area contributed by atoms with Gasteiger partial charge in [0.2, 0.25) is 0 Å². The van der Waals surface area contributed by atoms with Crippen molar-refractivity contribution in [3.05, 3.63) is 29.3 Å². The molecule has 142 valence electrons. The molecule has 0 saturated carbocycles. The summed E-state index contributed by atoms with van der Waals surface area (Å²) in [6.07, 6.45) is 1.24. The maximum atomic E-state index is 12.8. The van der Waals surface area contributed by atoms with Crippen molar-refractivity contribution in [2.45, 2.75) is 23.0 Å². The highest BCUT2D eigenvalue weighted by molar-refractivity contribution is 7.92. The number of carbonyl (C=O) groups excluding carboxylic acids is 1. The van der Waals surface area contributed by atoms with Gasteiger partial charge in [0.1, 0.15) is 0 Å². The molecule has 1 aromatic rings. The Labute approximate surface area is 160 Å². The molecule has 6 nitrogen and oxygen atoms in total. The van der Waals surface area contributed by atoms with Gasteiger partial charge >= 0.3 is 6.03 Å². The molecule has 1 aliphatic heterocycles.